The lowest BCUT2D eigenvalue weighted by molar-refractivity contribution is -0.549. The van der Waals surface area contributed by atoms with Gasteiger partial charge in [-0.05, 0) is 31.0 Å². The summed E-state index contributed by atoms with van der Waals surface area (Å²) in [6.07, 6.45) is 1.15. The predicted molar refractivity (Wildman–Crippen MR) is 102 cm³/mol. The third kappa shape index (κ3) is 3.85. The number of aliphatic imine (C=N–C) groups is 1. The van der Waals surface area contributed by atoms with Crippen LogP contribution in [0.5, 0.6) is 0 Å². The number of fused-ring (bicyclic) bond motifs is 3. The maximum Gasteiger partial charge on any atom is 0.416 e. The van der Waals surface area contributed by atoms with Crippen LogP contribution in [0.3, 0.4) is 0 Å². The van der Waals surface area contributed by atoms with Gasteiger partial charge in [0.15, 0.2) is 12.2 Å². The van der Waals surface area contributed by atoms with E-state index in [1.165, 1.54) is 12.4 Å². The van der Waals surface area contributed by atoms with Crippen molar-refractivity contribution in [3.63, 3.8) is 0 Å². The predicted octanol–water partition coefficient (Wildman–Crippen LogP) is 2.65. The van der Waals surface area contributed by atoms with Gasteiger partial charge in [0.25, 0.3) is 0 Å². The normalized spacial score (nSPS) is 16.2. The molecule has 0 radical (unpaired) electrons. The molecule has 0 aliphatic carbocycles. The third-order valence-corrected chi connectivity index (χ3v) is 5.04. The number of hydrogen-bond donors (Lipinski definition) is 2. The van der Waals surface area contributed by atoms with Crippen molar-refractivity contribution in [1.29, 1.82) is 5.41 Å². The van der Waals surface area contributed by atoms with Gasteiger partial charge < -0.3 is 9.30 Å². The highest BCUT2D eigenvalue weighted by atomic mass is 19.4. The fraction of sp³-hybridized carbons (Fsp3) is 0.368. The van der Waals surface area contributed by atoms with Crippen LogP contribution >= 0.6 is 0 Å². The zero-order valence-corrected chi connectivity index (χ0v) is 15.5. The molecule has 3 aromatic rings. The standard InChI is InChI=1S/C19H19F3N6O/c20-19(21,22)12-1-2-15-14(7-12)18-16(8-26-15)27-17(9-24-11-25-10-23)28(18)13-3-5-29-6-4-13/h1-2,7-8,10-11,13H,3-6,9H2,(H2,23,24,25)/p+1. The van der Waals surface area contributed by atoms with Gasteiger partial charge in [-0.3, -0.25) is 15.7 Å². The van der Waals surface area contributed by atoms with Crippen LogP contribution in [0.1, 0.15) is 30.3 Å². The number of benzene rings is 1. The Bertz CT molecular complexity index is 1070. The fourth-order valence-corrected chi connectivity index (χ4v) is 3.74. The number of nitrogens with two attached hydrogens (primary N) is 1. The Morgan fingerprint density at radius 3 is 2.79 bits per heavy atom. The molecule has 0 amide bonds. The van der Waals surface area contributed by atoms with Crippen LogP contribution in [-0.4, -0.2) is 40.4 Å². The average molecular weight is 405 g/mol. The molecule has 1 aromatic carbocycles. The lowest BCUT2D eigenvalue weighted by atomic mass is 10.1. The summed E-state index contributed by atoms with van der Waals surface area (Å²) in [6, 6.07) is 3.70. The summed E-state index contributed by atoms with van der Waals surface area (Å²) in [5, 5.41) is 9.18. The fourth-order valence-electron chi connectivity index (χ4n) is 3.74. The first-order valence-corrected chi connectivity index (χ1v) is 9.27. The van der Waals surface area contributed by atoms with Crippen molar-refractivity contribution in [3.05, 3.63) is 35.8 Å². The van der Waals surface area contributed by atoms with Gasteiger partial charge in [-0.2, -0.15) is 18.2 Å². The van der Waals surface area contributed by atoms with E-state index in [0.717, 1.165) is 37.1 Å². The van der Waals surface area contributed by atoms with E-state index < -0.39 is 11.7 Å². The highest BCUT2D eigenvalue weighted by Gasteiger charge is 2.31. The van der Waals surface area contributed by atoms with Gasteiger partial charge in [0, 0.05) is 24.6 Å². The first-order valence-electron chi connectivity index (χ1n) is 9.27. The molecule has 4 rings (SSSR count). The second kappa shape index (κ2) is 7.88. The molecule has 0 atom stereocenters. The number of alkyl halides is 3. The zero-order valence-electron chi connectivity index (χ0n) is 15.5. The maximum atomic E-state index is 13.3. The van der Waals surface area contributed by atoms with Gasteiger partial charge in [-0.1, -0.05) is 0 Å². The Morgan fingerprint density at radius 2 is 2.07 bits per heavy atom. The van der Waals surface area contributed by atoms with Crippen LogP contribution in [0, 0.1) is 5.41 Å². The molecular weight excluding hydrogens is 385 g/mol. The summed E-state index contributed by atoms with van der Waals surface area (Å²) < 4.78 is 47.5. The molecule has 3 heterocycles. The first kappa shape index (κ1) is 19.5. The SMILES string of the molecule is N=CN=C[NH2+]Cc1nc2cnc3ccc(C(F)(F)F)cc3c2n1C1CCOCC1. The lowest BCUT2D eigenvalue weighted by Gasteiger charge is -2.25. The number of nitrogens with one attached hydrogen (secondary N) is 1. The second-order valence-corrected chi connectivity index (χ2v) is 6.83. The summed E-state index contributed by atoms with van der Waals surface area (Å²) in [4.78, 5) is 12.7. The minimum atomic E-state index is -4.43. The van der Waals surface area contributed by atoms with E-state index in [9.17, 15) is 13.2 Å². The minimum absolute atomic E-state index is 0.0805. The Hall–Kier alpha value is -2.85. The molecule has 2 aromatic heterocycles. The Morgan fingerprint density at radius 1 is 1.28 bits per heavy atom. The Balaban J connectivity index is 1.91. The quantitative estimate of drug-likeness (QED) is 0.505. The van der Waals surface area contributed by atoms with Gasteiger partial charge in [0.2, 0.25) is 0 Å². The third-order valence-electron chi connectivity index (χ3n) is 5.04. The largest absolute Gasteiger partial charge is 0.416 e. The molecular formula is C19H20F3N6O+. The molecule has 1 saturated heterocycles. The van der Waals surface area contributed by atoms with Crippen LogP contribution in [0.15, 0.2) is 29.4 Å². The molecule has 0 spiro atoms. The number of nitrogens with zero attached hydrogens (tertiary/aromatic N) is 4. The molecule has 1 aliphatic rings. The van der Waals surface area contributed by atoms with Gasteiger partial charge in [0.1, 0.15) is 18.4 Å². The summed E-state index contributed by atoms with van der Waals surface area (Å²) in [5.41, 5.74) is 1.03. The molecule has 0 saturated carbocycles. The summed E-state index contributed by atoms with van der Waals surface area (Å²) in [7, 11) is 0. The van der Waals surface area contributed by atoms with Gasteiger partial charge in [-0.15, -0.1) is 0 Å². The van der Waals surface area contributed by atoms with Crippen LogP contribution in [0.2, 0.25) is 0 Å². The number of aromatic nitrogens is 3. The van der Waals surface area contributed by atoms with E-state index in [1.807, 2.05) is 4.57 Å². The highest BCUT2D eigenvalue weighted by Crippen LogP contribution is 2.35. The first-order chi connectivity index (χ1) is 14.0. The number of halogens is 3. The van der Waals surface area contributed by atoms with Crippen molar-refractivity contribution in [1.82, 2.24) is 14.5 Å². The van der Waals surface area contributed by atoms with Crippen LogP contribution in [-0.2, 0) is 17.5 Å². The Labute approximate surface area is 164 Å². The Kier molecular flexibility index (Phi) is 5.29. The molecule has 1 fully saturated rings. The van der Waals surface area contributed by atoms with Crippen molar-refractivity contribution in [2.24, 2.45) is 4.99 Å². The molecule has 3 N–H and O–H groups in total. The second-order valence-electron chi connectivity index (χ2n) is 6.83. The van der Waals surface area contributed by atoms with Gasteiger partial charge in [-0.25, -0.2) is 4.98 Å². The number of quaternary nitrogens is 1. The molecule has 29 heavy (non-hydrogen) atoms. The van der Waals surface area contributed by atoms with E-state index in [0.29, 0.717) is 41.7 Å². The van der Waals surface area contributed by atoms with Crippen LogP contribution in [0.4, 0.5) is 13.2 Å². The van der Waals surface area contributed by atoms with E-state index in [4.69, 9.17) is 10.1 Å². The van der Waals surface area contributed by atoms with Gasteiger partial charge >= 0.3 is 6.18 Å². The van der Waals surface area contributed by atoms with E-state index in [-0.39, 0.29) is 6.04 Å². The van der Waals surface area contributed by atoms with Gasteiger partial charge in [0.05, 0.1) is 22.8 Å². The monoisotopic (exact) mass is 405 g/mol. The van der Waals surface area contributed by atoms with Crippen molar-refractivity contribution in [2.45, 2.75) is 31.6 Å². The topological polar surface area (TPSA) is 92.8 Å². The van der Waals surface area contributed by atoms with Crippen molar-refractivity contribution in [3.8, 4) is 0 Å². The van der Waals surface area contributed by atoms with Crippen molar-refractivity contribution >= 4 is 34.6 Å². The number of imidazole rings is 1. The highest BCUT2D eigenvalue weighted by molar-refractivity contribution is 6.02. The molecule has 0 unspecified atom stereocenters. The molecule has 152 valence electrons. The summed E-state index contributed by atoms with van der Waals surface area (Å²) >= 11 is 0. The molecule has 0 bridgehead atoms. The molecule has 1 aliphatic heterocycles. The number of hydrogen-bond acceptors (Lipinski definition) is 4. The molecule has 7 nitrogen and oxygen atoms in total. The molecule has 10 heteroatoms. The lowest BCUT2D eigenvalue weighted by Crippen LogP contribution is -2.81. The summed E-state index contributed by atoms with van der Waals surface area (Å²) in [5.74, 6) is 0.732. The van der Waals surface area contributed by atoms with Crippen LogP contribution in [0.25, 0.3) is 21.9 Å². The van der Waals surface area contributed by atoms with Crippen LogP contribution < -0.4 is 5.32 Å². The van der Waals surface area contributed by atoms with E-state index in [1.54, 1.807) is 11.5 Å². The van der Waals surface area contributed by atoms with Crippen molar-refractivity contribution < 1.29 is 23.2 Å². The maximum absolute atomic E-state index is 13.3. The van der Waals surface area contributed by atoms with Crippen molar-refractivity contribution in [2.75, 3.05) is 13.2 Å². The number of pyridine rings is 1. The minimum Gasteiger partial charge on any atom is -0.381 e. The van der Waals surface area contributed by atoms with E-state index >= 15 is 0 Å². The average Bonchev–Trinajstić information content (AvgIpc) is 3.09. The summed E-state index contributed by atoms with van der Waals surface area (Å²) in [6.45, 7) is 1.64. The number of rotatable bonds is 5. The zero-order chi connectivity index (χ0) is 20.4. The van der Waals surface area contributed by atoms with E-state index in [2.05, 4.69) is 15.0 Å². The smallest absolute Gasteiger partial charge is 0.381 e. The number of ether oxygens (including phenoxy) is 1.